The fraction of sp³-hybridized carbons (Fsp3) is 0.556. The molecule has 1 rings (SSSR count). The number of carbonyl (C=O) groups is 2. The van der Waals surface area contributed by atoms with E-state index in [0.29, 0.717) is 16.5 Å². The minimum atomic E-state index is -0.739. The van der Waals surface area contributed by atoms with Gasteiger partial charge in [-0.05, 0) is 44.2 Å². The van der Waals surface area contributed by atoms with Gasteiger partial charge >= 0.3 is 11.8 Å². The number of methoxy groups -OCH3 is 1. The van der Waals surface area contributed by atoms with Gasteiger partial charge in [-0.3, -0.25) is 9.59 Å². The summed E-state index contributed by atoms with van der Waals surface area (Å²) in [7, 11) is 1.48. The molecule has 0 radical (unpaired) electrons. The summed E-state index contributed by atoms with van der Waals surface area (Å²) >= 11 is 6.04. The lowest BCUT2D eigenvalue weighted by molar-refractivity contribution is -0.137. The Kier molecular flexibility index (Phi) is 6.28. The predicted octanol–water partition coefficient (Wildman–Crippen LogP) is 3.93. The Morgan fingerprint density at radius 2 is 1.71 bits per heavy atom. The molecule has 0 aromatic heterocycles. The Hall–Kier alpha value is -1.75. The molecular weight excluding hydrogens is 328 g/mol. The second-order valence-corrected chi connectivity index (χ2v) is 8.24. The summed E-state index contributed by atoms with van der Waals surface area (Å²) in [6, 6.07) is 3.28. The van der Waals surface area contributed by atoms with Gasteiger partial charge < -0.3 is 15.4 Å². The number of aryl methyl sites for hydroxylation is 1. The predicted molar refractivity (Wildman–Crippen MR) is 97.7 cm³/mol. The summed E-state index contributed by atoms with van der Waals surface area (Å²) in [6.45, 7) is 11.9. The van der Waals surface area contributed by atoms with E-state index < -0.39 is 17.4 Å². The van der Waals surface area contributed by atoms with Gasteiger partial charge in [-0.1, -0.05) is 32.4 Å². The fourth-order valence-corrected chi connectivity index (χ4v) is 3.00. The highest BCUT2D eigenvalue weighted by atomic mass is 35.5. The van der Waals surface area contributed by atoms with Crippen LogP contribution in [0.2, 0.25) is 5.02 Å². The molecule has 0 saturated heterocycles. The van der Waals surface area contributed by atoms with E-state index in [1.54, 1.807) is 12.1 Å². The SMILES string of the molecule is COc1cc(Cl)c(C)cc1NC(=O)C(=O)NC(C)(C)CC(C)(C)C. The Labute approximate surface area is 149 Å². The lowest BCUT2D eigenvalue weighted by Gasteiger charge is -2.33. The number of hydrogen-bond acceptors (Lipinski definition) is 3. The van der Waals surface area contributed by atoms with Gasteiger partial charge in [-0.25, -0.2) is 0 Å². The third-order valence-corrected chi connectivity index (χ3v) is 3.77. The monoisotopic (exact) mass is 354 g/mol. The van der Waals surface area contributed by atoms with Gasteiger partial charge in [0.25, 0.3) is 0 Å². The van der Waals surface area contributed by atoms with E-state index in [2.05, 4.69) is 31.4 Å². The van der Waals surface area contributed by atoms with Crippen molar-refractivity contribution < 1.29 is 14.3 Å². The normalized spacial score (nSPS) is 11.8. The summed E-state index contributed by atoms with van der Waals surface area (Å²) < 4.78 is 5.20. The molecule has 2 amide bonds. The summed E-state index contributed by atoms with van der Waals surface area (Å²) in [5.74, 6) is -1.02. The van der Waals surface area contributed by atoms with Crippen LogP contribution in [0.3, 0.4) is 0 Å². The number of halogens is 1. The van der Waals surface area contributed by atoms with Gasteiger partial charge in [-0.2, -0.15) is 0 Å². The molecule has 0 aliphatic rings. The second kappa shape index (κ2) is 7.43. The topological polar surface area (TPSA) is 67.4 Å². The van der Waals surface area contributed by atoms with Crippen LogP contribution < -0.4 is 15.4 Å². The molecule has 0 aliphatic carbocycles. The van der Waals surface area contributed by atoms with E-state index in [4.69, 9.17) is 16.3 Å². The van der Waals surface area contributed by atoms with Crippen LogP contribution in [-0.4, -0.2) is 24.5 Å². The zero-order valence-electron chi connectivity index (χ0n) is 15.5. The molecule has 5 nitrogen and oxygen atoms in total. The first kappa shape index (κ1) is 20.3. The molecular formula is C18H27ClN2O3. The van der Waals surface area contributed by atoms with Crippen molar-refractivity contribution in [2.75, 3.05) is 12.4 Å². The first-order chi connectivity index (χ1) is 10.8. The molecule has 0 fully saturated rings. The van der Waals surface area contributed by atoms with Crippen LogP contribution in [0, 0.1) is 12.3 Å². The third kappa shape index (κ3) is 6.04. The third-order valence-electron chi connectivity index (χ3n) is 3.36. The van der Waals surface area contributed by atoms with Crippen molar-refractivity contribution in [3.8, 4) is 5.75 Å². The van der Waals surface area contributed by atoms with Crippen molar-refractivity contribution in [2.45, 2.75) is 53.5 Å². The average molecular weight is 355 g/mol. The van der Waals surface area contributed by atoms with Crippen LogP contribution in [0.4, 0.5) is 5.69 Å². The maximum atomic E-state index is 12.2. The summed E-state index contributed by atoms with van der Waals surface area (Å²) in [5.41, 5.74) is 0.727. The number of nitrogens with one attached hydrogen (secondary N) is 2. The molecule has 0 bridgehead atoms. The number of ether oxygens (including phenoxy) is 1. The van der Waals surface area contributed by atoms with Gasteiger partial charge in [0, 0.05) is 16.6 Å². The molecule has 0 heterocycles. The van der Waals surface area contributed by atoms with Crippen molar-refractivity contribution in [1.82, 2.24) is 5.32 Å². The highest BCUT2D eigenvalue weighted by molar-refractivity contribution is 6.40. The van der Waals surface area contributed by atoms with Crippen molar-refractivity contribution >= 4 is 29.1 Å². The Morgan fingerprint density at radius 3 is 2.21 bits per heavy atom. The average Bonchev–Trinajstić information content (AvgIpc) is 2.39. The molecule has 6 heteroatoms. The summed E-state index contributed by atoms with van der Waals surface area (Å²) in [6.07, 6.45) is 0.738. The van der Waals surface area contributed by atoms with E-state index in [0.717, 1.165) is 12.0 Å². The van der Waals surface area contributed by atoms with Gasteiger partial charge in [0.1, 0.15) is 5.75 Å². The fourth-order valence-electron chi connectivity index (χ4n) is 2.84. The van der Waals surface area contributed by atoms with Crippen LogP contribution >= 0.6 is 11.6 Å². The molecule has 0 atom stereocenters. The highest BCUT2D eigenvalue weighted by Crippen LogP contribution is 2.31. The smallest absolute Gasteiger partial charge is 0.313 e. The van der Waals surface area contributed by atoms with Crippen molar-refractivity contribution in [2.24, 2.45) is 5.41 Å². The standard InChI is InChI=1S/C18H27ClN2O3/c1-11-8-13(14(24-7)9-12(11)19)20-15(22)16(23)21-18(5,6)10-17(2,3)4/h8-9H,10H2,1-7H3,(H,20,22)(H,21,23). The lowest BCUT2D eigenvalue weighted by Crippen LogP contribution is -2.49. The second-order valence-electron chi connectivity index (χ2n) is 7.83. The van der Waals surface area contributed by atoms with Gasteiger partial charge in [-0.15, -0.1) is 0 Å². The molecule has 0 saturated carbocycles. The number of rotatable bonds is 4. The molecule has 134 valence electrons. The minimum Gasteiger partial charge on any atom is -0.495 e. The molecule has 0 spiro atoms. The Morgan fingerprint density at radius 1 is 1.12 bits per heavy atom. The van der Waals surface area contributed by atoms with E-state index in [1.807, 2.05) is 20.8 Å². The molecule has 0 aliphatic heterocycles. The first-order valence-corrected chi connectivity index (χ1v) is 8.20. The summed E-state index contributed by atoms with van der Waals surface area (Å²) in [4.78, 5) is 24.4. The number of carbonyl (C=O) groups excluding carboxylic acids is 2. The van der Waals surface area contributed by atoms with Crippen LogP contribution in [0.15, 0.2) is 12.1 Å². The lowest BCUT2D eigenvalue weighted by atomic mass is 9.82. The maximum Gasteiger partial charge on any atom is 0.313 e. The van der Waals surface area contributed by atoms with Crippen molar-refractivity contribution in [3.05, 3.63) is 22.7 Å². The van der Waals surface area contributed by atoms with Gasteiger partial charge in [0.2, 0.25) is 0 Å². The molecule has 1 aromatic rings. The molecule has 2 N–H and O–H groups in total. The molecule has 0 unspecified atom stereocenters. The van der Waals surface area contributed by atoms with E-state index >= 15 is 0 Å². The van der Waals surface area contributed by atoms with Gasteiger partial charge in [0.05, 0.1) is 12.8 Å². The quantitative estimate of drug-likeness (QED) is 0.805. The highest BCUT2D eigenvalue weighted by Gasteiger charge is 2.29. The summed E-state index contributed by atoms with van der Waals surface area (Å²) in [5, 5.41) is 5.89. The van der Waals surface area contributed by atoms with Crippen LogP contribution in [-0.2, 0) is 9.59 Å². The number of amides is 2. The van der Waals surface area contributed by atoms with Crippen LogP contribution in [0.25, 0.3) is 0 Å². The van der Waals surface area contributed by atoms with Crippen molar-refractivity contribution in [1.29, 1.82) is 0 Å². The van der Waals surface area contributed by atoms with Crippen molar-refractivity contribution in [3.63, 3.8) is 0 Å². The zero-order valence-corrected chi connectivity index (χ0v) is 16.2. The minimum absolute atomic E-state index is 0.0315. The number of hydrogen-bond donors (Lipinski definition) is 2. The van der Waals surface area contributed by atoms with Crippen LogP contribution in [0.5, 0.6) is 5.75 Å². The Balaban J connectivity index is 2.85. The van der Waals surface area contributed by atoms with Gasteiger partial charge in [0.15, 0.2) is 0 Å². The molecule has 24 heavy (non-hydrogen) atoms. The zero-order chi connectivity index (χ0) is 18.7. The molecule has 1 aromatic carbocycles. The maximum absolute atomic E-state index is 12.2. The van der Waals surface area contributed by atoms with E-state index in [1.165, 1.54) is 7.11 Å². The Bertz CT molecular complexity index is 634. The van der Waals surface area contributed by atoms with E-state index in [-0.39, 0.29) is 5.41 Å². The van der Waals surface area contributed by atoms with E-state index in [9.17, 15) is 9.59 Å². The number of benzene rings is 1. The first-order valence-electron chi connectivity index (χ1n) is 7.82. The largest absolute Gasteiger partial charge is 0.495 e. The van der Waals surface area contributed by atoms with Crippen LogP contribution in [0.1, 0.15) is 46.6 Å². The number of anilines is 1.